The van der Waals surface area contributed by atoms with Gasteiger partial charge in [-0.05, 0) is 0 Å². The molecule has 0 aliphatic carbocycles. The first-order valence-electron chi connectivity index (χ1n) is 26.2. The zero-order chi connectivity index (χ0) is 49.8. The van der Waals surface area contributed by atoms with Gasteiger partial charge in [0.05, 0.1) is 0 Å². The Kier molecular flexibility index (Phi) is 7.78. The average Bonchev–Trinajstić information content (AvgIpc) is 4.12. The molecular formula is C70H38N3O3Sb. The minimum atomic E-state index is -3.02. The van der Waals surface area contributed by atoms with Gasteiger partial charge in [0.25, 0.3) is 0 Å². The quantitative estimate of drug-likeness (QED) is 0.164. The fourth-order valence-corrected chi connectivity index (χ4v) is 22.3. The van der Waals surface area contributed by atoms with Crippen LogP contribution in [-0.4, -0.2) is 20.2 Å². The van der Waals surface area contributed by atoms with Crippen molar-refractivity contribution in [1.29, 1.82) is 0 Å². The Morgan fingerprint density at radius 1 is 0.234 bits per heavy atom. The van der Waals surface area contributed by atoms with E-state index in [1.807, 2.05) is 0 Å². The molecule has 6 nitrogen and oxygen atoms in total. The van der Waals surface area contributed by atoms with Crippen LogP contribution in [0.5, 0.6) is 0 Å². The Balaban J connectivity index is 0.915. The Labute approximate surface area is 446 Å². The second kappa shape index (κ2) is 14.7. The van der Waals surface area contributed by atoms with Gasteiger partial charge in [-0.15, -0.1) is 0 Å². The van der Waals surface area contributed by atoms with Crippen molar-refractivity contribution >= 4 is 191 Å². The Bertz CT molecular complexity index is 5340. The zero-order valence-corrected chi connectivity index (χ0v) is 43.5. The van der Waals surface area contributed by atoms with Gasteiger partial charge in [0.15, 0.2) is 0 Å². The number of rotatable bonds is 3. The Morgan fingerprint density at radius 3 is 1.03 bits per heavy atom. The van der Waals surface area contributed by atoms with Crippen LogP contribution >= 0.6 is 0 Å². The molecule has 3 aliphatic rings. The van der Waals surface area contributed by atoms with Crippen molar-refractivity contribution in [2.24, 2.45) is 0 Å². The first kappa shape index (κ1) is 40.8. The molecule has 0 saturated carbocycles. The summed E-state index contributed by atoms with van der Waals surface area (Å²) >= 11 is -3.02. The first-order chi connectivity index (χ1) is 38.1. The van der Waals surface area contributed by atoms with Gasteiger partial charge in [0.2, 0.25) is 0 Å². The topological polar surface area (TPSA) is 49.1 Å². The summed E-state index contributed by atoms with van der Waals surface area (Å²) in [6.45, 7) is 0. The Morgan fingerprint density at radius 2 is 0.584 bits per heavy atom. The fraction of sp³-hybridized carbons (Fsp3) is 0. The zero-order valence-electron chi connectivity index (χ0n) is 41.0. The molecular weight excluding hydrogens is 1050 g/mol. The standard InChI is InChI=1S/C70H38N3O3.Sb/c1-4-14-45-33-68-58(30-42(45)11-1)61-38-53(23-26-65(61)74-68)71-49-18-9-20-51(36-49)72(54-24-27-66-62(39-54)59-31-43-12-2-5-15-46(43)34-69(59)75-66)56-29-48-17-7-8-22-57(48)64(41-56)73(52-21-10-19-50(71)37-52)55-25-28-67-63(40-55)60-32-44-13-3-6-16-47(44)35-70(60)76-67;/h1-35,38-40H;. The number of fused-ring (bicyclic) bond motifs is 14. The minimum absolute atomic E-state index is 0.877. The second-order valence-corrected chi connectivity index (χ2v) is 26.6. The van der Waals surface area contributed by atoms with Gasteiger partial charge in [-0.25, -0.2) is 0 Å². The molecule has 0 bridgehead atoms. The molecule has 0 N–H and O–H groups in total. The van der Waals surface area contributed by atoms with Crippen molar-refractivity contribution in [3.05, 3.63) is 231 Å². The molecule has 77 heavy (non-hydrogen) atoms. The second-order valence-electron chi connectivity index (χ2n) is 20.9. The van der Waals surface area contributed by atoms with E-state index in [1.54, 1.807) is 0 Å². The van der Waals surface area contributed by atoms with Crippen molar-refractivity contribution < 1.29 is 13.3 Å². The van der Waals surface area contributed by atoms with Crippen molar-refractivity contribution in [3.8, 4) is 0 Å². The molecule has 13 aromatic carbocycles. The van der Waals surface area contributed by atoms with E-state index in [-0.39, 0.29) is 0 Å². The molecule has 356 valence electrons. The summed E-state index contributed by atoms with van der Waals surface area (Å²) in [4.78, 5) is 7.74. The van der Waals surface area contributed by atoms with Crippen LogP contribution in [0.2, 0.25) is 0 Å². The summed E-state index contributed by atoms with van der Waals surface area (Å²) in [5, 5.41) is 16.2. The first-order valence-corrected chi connectivity index (χ1v) is 30.0. The third-order valence-corrected chi connectivity index (χ3v) is 24.5. The van der Waals surface area contributed by atoms with Gasteiger partial charge in [0.1, 0.15) is 0 Å². The number of nitrogens with zero attached hydrogens (tertiary/aromatic N) is 3. The monoisotopic (exact) mass is 1090 g/mol. The van der Waals surface area contributed by atoms with Gasteiger partial charge < -0.3 is 0 Å². The van der Waals surface area contributed by atoms with Crippen LogP contribution in [0.3, 0.4) is 0 Å². The predicted molar refractivity (Wildman–Crippen MR) is 321 cm³/mol. The molecule has 0 atom stereocenters. The molecule has 3 aliphatic heterocycles. The molecule has 6 heterocycles. The van der Waals surface area contributed by atoms with Gasteiger partial charge in [-0.1, -0.05) is 0 Å². The summed E-state index contributed by atoms with van der Waals surface area (Å²) in [6, 6.07) is 85.1. The van der Waals surface area contributed by atoms with Crippen LogP contribution < -0.4 is 25.2 Å². The van der Waals surface area contributed by atoms with E-state index in [0.717, 1.165) is 82.9 Å². The van der Waals surface area contributed by atoms with Crippen molar-refractivity contribution in [2.75, 3.05) is 14.7 Å². The van der Waals surface area contributed by atoms with E-state index in [4.69, 9.17) is 13.3 Å². The third kappa shape index (κ3) is 5.44. The van der Waals surface area contributed by atoms with Crippen molar-refractivity contribution in [1.82, 2.24) is 0 Å². The number of benzene rings is 13. The molecule has 0 fully saturated rings. The summed E-state index contributed by atoms with van der Waals surface area (Å²) in [7, 11) is 0. The van der Waals surface area contributed by atoms with Crippen LogP contribution in [0.25, 0.3) is 109 Å². The van der Waals surface area contributed by atoms with E-state index >= 15 is 0 Å². The van der Waals surface area contributed by atoms with E-state index in [1.165, 1.54) is 87.7 Å². The van der Waals surface area contributed by atoms with Gasteiger partial charge in [-0.3, -0.25) is 0 Å². The summed E-state index contributed by atoms with van der Waals surface area (Å²) in [5.74, 6) is 0. The van der Waals surface area contributed by atoms with E-state index < -0.39 is 20.2 Å². The van der Waals surface area contributed by atoms with Gasteiger partial charge >= 0.3 is 449 Å². The number of furan rings is 3. The van der Waals surface area contributed by atoms with Crippen molar-refractivity contribution in [3.63, 3.8) is 0 Å². The van der Waals surface area contributed by atoms with Crippen LogP contribution in [0, 0.1) is 0 Å². The third-order valence-electron chi connectivity index (χ3n) is 16.8. The SMILES string of the molecule is c1cc2[c]3c(c1)N(c1ccc4oc5cc6ccccc6cc5c4c1)c1cc4ccccc4c4[c]1[Sb]3[c]1c(cccc1N4c1ccc3oc4cc5ccccc5cc4c3c1)N2c1ccc2oc3cc4ccccc4cc3c2c1. The van der Waals surface area contributed by atoms with Gasteiger partial charge in [0, 0.05) is 0 Å². The summed E-state index contributed by atoms with van der Waals surface area (Å²) in [6.07, 6.45) is 0. The summed E-state index contributed by atoms with van der Waals surface area (Å²) < 4.78 is 24.3. The van der Waals surface area contributed by atoms with Crippen molar-refractivity contribution in [2.45, 2.75) is 0 Å². The van der Waals surface area contributed by atoms with E-state index in [9.17, 15) is 0 Å². The van der Waals surface area contributed by atoms with E-state index in [0.29, 0.717) is 0 Å². The van der Waals surface area contributed by atoms with Gasteiger partial charge in [-0.2, -0.15) is 0 Å². The Hall–Kier alpha value is -9.48. The summed E-state index contributed by atoms with van der Waals surface area (Å²) in [5.41, 5.74) is 16.0. The molecule has 0 spiro atoms. The molecule has 16 aromatic rings. The maximum absolute atomic E-state index is 6.68. The molecule has 0 unspecified atom stereocenters. The normalized spacial score (nSPS) is 13.8. The molecule has 0 saturated heterocycles. The maximum atomic E-state index is 6.68. The van der Waals surface area contributed by atoms with Crippen LogP contribution in [0.15, 0.2) is 244 Å². The molecule has 19 rings (SSSR count). The average molecular weight is 1090 g/mol. The number of hydrogen-bond donors (Lipinski definition) is 0. The number of anilines is 9. The van der Waals surface area contributed by atoms with Crippen LogP contribution in [0.4, 0.5) is 51.2 Å². The molecule has 0 radical (unpaired) electrons. The number of hydrogen-bond acceptors (Lipinski definition) is 6. The molecule has 3 aromatic heterocycles. The fourth-order valence-electron chi connectivity index (χ4n) is 13.4. The van der Waals surface area contributed by atoms with E-state index in [2.05, 4.69) is 245 Å². The van der Waals surface area contributed by atoms with Crippen LogP contribution in [-0.2, 0) is 0 Å². The molecule has 0 amide bonds. The molecule has 7 heteroatoms. The predicted octanol–water partition coefficient (Wildman–Crippen LogP) is 17.9. The van der Waals surface area contributed by atoms with Crippen LogP contribution in [0.1, 0.15) is 0 Å².